The molecule has 1 aliphatic heterocycles. The molecule has 1 fully saturated rings. The molecule has 13 heavy (non-hydrogen) atoms. The van der Waals surface area contributed by atoms with Gasteiger partial charge in [0.1, 0.15) is 0 Å². The van der Waals surface area contributed by atoms with Crippen molar-refractivity contribution in [2.45, 2.75) is 33.2 Å². The quantitative estimate of drug-likeness (QED) is 0.606. The zero-order valence-corrected chi connectivity index (χ0v) is 9.13. The molecule has 0 aromatic rings. The molecule has 0 bridgehead atoms. The maximum Gasteiger partial charge on any atom is 0.219 e. The molecule has 0 aromatic carbocycles. The van der Waals surface area contributed by atoms with E-state index < -0.39 is 0 Å². The van der Waals surface area contributed by atoms with Crippen molar-refractivity contribution in [3.05, 3.63) is 0 Å². The Kier molecular flexibility index (Phi) is 2.96. The van der Waals surface area contributed by atoms with Crippen LogP contribution in [0.5, 0.6) is 0 Å². The van der Waals surface area contributed by atoms with Crippen LogP contribution < -0.4 is 0 Å². The van der Waals surface area contributed by atoms with E-state index in [9.17, 15) is 4.79 Å². The summed E-state index contributed by atoms with van der Waals surface area (Å²) in [4.78, 5) is 15.7. The number of amides is 1. The van der Waals surface area contributed by atoms with Gasteiger partial charge in [-0.3, -0.25) is 9.69 Å². The molecular formula is C10H20N2O. The number of likely N-dealkylation sites (N-methyl/N-ethyl adjacent to an activating group) is 1. The fraction of sp³-hybridized carbons (Fsp3) is 0.900. The molecular weight excluding hydrogens is 164 g/mol. The third-order valence-electron chi connectivity index (χ3n) is 2.81. The molecule has 0 atom stereocenters. The van der Waals surface area contributed by atoms with Crippen LogP contribution in [-0.2, 0) is 4.79 Å². The molecule has 0 radical (unpaired) electrons. The maximum atomic E-state index is 11.3. The lowest BCUT2D eigenvalue weighted by molar-refractivity contribution is -0.137. The average molecular weight is 184 g/mol. The highest BCUT2D eigenvalue weighted by atomic mass is 16.2. The van der Waals surface area contributed by atoms with E-state index >= 15 is 0 Å². The van der Waals surface area contributed by atoms with Crippen molar-refractivity contribution in [1.82, 2.24) is 9.80 Å². The predicted octanol–water partition coefficient (Wildman–Crippen LogP) is 0.949. The van der Waals surface area contributed by atoms with Crippen molar-refractivity contribution in [3.63, 3.8) is 0 Å². The molecule has 0 N–H and O–H groups in total. The standard InChI is InChI=1S/C10H20N2O/c1-5-11-6-7-12(9(2)13)10(3,4)8-11/h5-8H2,1-4H3. The van der Waals surface area contributed by atoms with Crippen molar-refractivity contribution in [1.29, 1.82) is 0 Å². The molecule has 0 unspecified atom stereocenters. The van der Waals surface area contributed by atoms with Crippen LogP contribution in [0.2, 0.25) is 0 Å². The van der Waals surface area contributed by atoms with Crippen LogP contribution >= 0.6 is 0 Å². The highest BCUT2D eigenvalue weighted by Gasteiger charge is 2.34. The van der Waals surface area contributed by atoms with Gasteiger partial charge in [0.15, 0.2) is 0 Å². The van der Waals surface area contributed by atoms with Gasteiger partial charge in [-0.15, -0.1) is 0 Å². The van der Waals surface area contributed by atoms with E-state index in [0.29, 0.717) is 0 Å². The van der Waals surface area contributed by atoms with Gasteiger partial charge in [-0.25, -0.2) is 0 Å². The molecule has 1 amide bonds. The molecule has 1 aliphatic rings. The lowest BCUT2D eigenvalue weighted by Gasteiger charge is -2.46. The summed E-state index contributed by atoms with van der Waals surface area (Å²) in [6.45, 7) is 12.0. The smallest absolute Gasteiger partial charge is 0.219 e. The highest BCUT2D eigenvalue weighted by molar-refractivity contribution is 5.74. The zero-order valence-electron chi connectivity index (χ0n) is 9.13. The lowest BCUT2D eigenvalue weighted by atomic mass is 9.99. The first-order valence-electron chi connectivity index (χ1n) is 4.98. The SMILES string of the molecule is CCN1CCN(C(C)=O)C(C)(C)C1. The summed E-state index contributed by atoms with van der Waals surface area (Å²) < 4.78 is 0. The van der Waals surface area contributed by atoms with E-state index in [1.54, 1.807) is 6.92 Å². The summed E-state index contributed by atoms with van der Waals surface area (Å²) in [6.07, 6.45) is 0. The van der Waals surface area contributed by atoms with E-state index in [1.807, 2.05) is 4.90 Å². The number of hydrogen-bond acceptors (Lipinski definition) is 2. The number of nitrogens with zero attached hydrogens (tertiary/aromatic N) is 2. The van der Waals surface area contributed by atoms with Crippen LogP contribution in [0, 0.1) is 0 Å². The molecule has 0 aliphatic carbocycles. The summed E-state index contributed by atoms with van der Waals surface area (Å²) in [5.41, 5.74) is 0.0000926. The summed E-state index contributed by atoms with van der Waals surface area (Å²) in [7, 11) is 0. The number of carbonyl (C=O) groups is 1. The van der Waals surface area contributed by atoms with Gasteiger partial charge >= 0.3 is 0 Å². The normalized spacial score (nSPS) is 23.2. The second kappa shape index (κ2) is 3.66. The third-order valence-corrected chi connectivity index (χ3v) is 2.81. The molecule has 1 saturated heterocycles. The Labute approximate surface area is 80.7 Å². The Morgan fingerprint density at radius 2 is 2.00 bits per heavy atom. The monoisotopic (exact) mass is 184 g/mol. The number of carbonyl (C=O) groups excluding carboxylic acids is 1. The van der Waals surface area contributed by atoms with E-state index in [4.69, 9.17) is 0 Å². The van der Waals surface area contributed by atoms with Gasteiger partial charge in [-0.2, -0.15) is 0 Å². The predicted molar refractivity (Wildman–Crippen MR) is 53.6 cm³/mol. The third kappa shape index (κ3) is 2.21. The maximum absolute atomic E-state index is 11.3. The van der Waals surface area contributed by atoms with Crippen molar-refractivity contribution in [2.24, 2.45) is 0 Å². The van der Waals surface area contributed by atoms with Crippen LogP contribution in [-0.4, -0.2) is 47.4 Å². The molecule has 1 rings (SSSR count). The van der Waals surface area contributed by atoms with E-state index in [1.165, 1.54) is 0 Å². The zero-order chi connectivity index (χ0) is 10.1. The minimum Gasteiger partial charge on any atom is -0.335 e. The van der Waals surface area contributed by atoms with Gasteiger partial charge < -0.3 is 4.90 Å². The van der Waals surface area contributed by atoms with E-state index in [2.05, 4.69) is 25.7 Å². The fourth-order valence-corrected chi connectivity index (χ4v) is 2.11. The molecule has 3 nitrogen and oxygen atoms in total. The largest absolute Gasteiger partial charge is 0.335 e. The van der Waals surface area contributed by atoms with Crippen molar-refractivity contribution in [3.8, 4) is 0 Å². The van der Waals surface area contributed by atoms with Crippen molar-refractivity contribution < 1.29 is 4.79 Å². The first-order valence-corrected chi connectivity index (χ1v) is 4.98. The second-order valence-electron chi connectivity index (χ2n) is 4.35. The first-order chi connectivity index (χ1) is 5.97. The minimum absolute atomic E-state index is 0.0000926. The Balaban J connectivity index is 2.67. The van der Waals surface area contributed by atoms with Crippen molar-refractivity contribution in [2.75, 3.05) is 26.2 Å². The Morgan fingerprint density at radius 1 is 1.38 bits per heavy atom. The summed E-state index contributed by atoms with van der Waals surface area (Å²) in [6, 6.07) is 0. The number of piperazine rings is 1. The van der Waals surface area contributed by atoms with Crippen LogP contribution in [0.4, 0.5) is 0 Å². The van der Waals surface area contributed by atoms with Crippen LogP contribution in [0.3, 0.4) is 0 Å². The molecule has 76 valence electrons. The van der Waals surface area contributed by atoms with Crippen LogP contribution in [0.1, 0.15) is 27.7 Å². The molecule has 1 heterocycles. The number of hydrogen-bond donors (Lipinski definition) is 0. The summed E-state index contributed by atoms with van der Waals surface area (Å²) >= 11 is 0. The van der Waals surface area contributed by atoms with Gasteiger partial charge in [-0.05, 0) is 20.4 Å². The topological polar surface area (TPSA) is 23.6 Å². The lowest BCUT2D eigenvalue weighted by Crippen LogP contribution is -2.60. The molecule has 0 aromatic heterocycles. The van der Waals surface area contributed by atoms with E-state index in [-0.39, 0.29) is 11.4 Å². The van der Waals surface area contributed by atoms with Gasteiger partial charge in [-0.1, -0.05) is 6.92 Å². The van der Waals surface area contributed by atoms with Crippen molar-refractivity contribution >= 4 is 5.91 Å². The van der Waals surface area contributed by atoms with Crippen LogP contribution in [0.25, 0.3) is 0 Å². The average Bonchev–Trinajstić information content (AvgIpc) is 2.01. The van der Waals surface area contributed by atoms with Gasteiger partial charge in [0.25, 0.3) is 0 Å². The molecule has 0 spiro atoms. The van der Waals surface area contributed by atoms with Gasteiger partial charge in [0.2, 0.25) is 5.91 Å². The Hall–Kier alpha value is -0.570. The summed E-state index contributed by atoms with van der Waals surface area (Å²) in [5.74, 6) is 0.195. The van der Waals surface area contributed by atoms with Crippen LogP contribution in [0.15, 0.2) is 0 Å². The Morgan fingerprint density at radius 3 is 2.38 bits per heavy atom. The number of rotatable bonds is 1. The first kappa shape index (κ1) is 10.5. The Bertz CT molecular complexity index is 201. The van der Waals surface area contributed by atoms with E-state index in [0.717, 1.165) is 26.2 Å². The van der Waals surface area contributed by atoms with Gasteiger partial charge in [0, 0.05) is 32.1 Å². The second-order valence-corrected chi connectivity index (χ2v) is 4.35. The minimum atomic E-state index is 0.0000926. The van der Waals surface area contributed by atoms with Gasteiger partial charge in [0.05, 0.1) is 0 Å². The summed E-state index contributed by atoms with van der Waals surface area (Å²) in [5, 5.41) is 0. The fourth-order valence-electron chi connectivity index (χ4n) is 2.11. The molecule has 3 heteroatoms. The molecule has 0 saturated carbocycles. The highest BCUT2D eigenvalue weighted by Crippen LogP contribution is 2.20.